The molecule has 2 aromatic rings. The molecule has 0 aliphatic heterocycles. The number of aromatic nitrogens is 1. The van der Waals surface area contributed by atoms with E-state index in [9.17, 15) is 4.39 Å². The van der Waals surface area contributed by atoms with Crippen molar-refractivity contribution in [3.8, 4) is 0 Å². The van der Waals surface area contributed by atoms with Crippen molar-refractivity contribution in [1.29, 1.82) is 0 Å². The summed E-state index contributed by atoms with van der Waals surface area (Å²) in [6.45, 7) is 4.40. The Balaban J connectivity index is 2.22. The highest BCUT2D eigenvalue weighted by molar-refractivity contribution is 5.79. The van der Waals surface area contributed by atoms with Crippen LogP contribution in [0.5, 0.6) is 0 Å². The van der Waals surface area contributed by atoms with Crippen LogP contribution in [-0.4, -0.2) is 5.16 Å². The fourth-order valence-electron chi connectivity index (χ4n) is 2.63. The van der Waals surface area contributed by atoms with Gasteiger partial charge in [0.2, 0.25) is 0 Å². The van der Waals surface area contributed by atoms with Crippen LogP contribution in [0.3, 0.4) is 0 Å². The first-order valence-electron chi connectivity index (χ1n) is 7.31. The highest BCUT2D eigenvalue weighted by atomic mass is 19.1. The molecule has 1 heterocycles. The van der Waals surface area contributed by atoms with Crippen LogP contribution < -0.4 is 0 Å². The summed E-state index contributed by atoms with van der Waals surface area (Å²) in [6.07, 6.45) is 7.08. The second-order valence-corrected chi connectivity index (χ2v) is 5.19. The summed E-state index contributed by atoms with van der Waals surface area (Å²) in [7, 11) is 0. The van der Waals surface area contributed by atoms with Gasteiger partial charge in [-0.05, 0) is 25.0 Å². The molecule has 0 N–H and O–H groups in total. The molecule has 1 unspecified atom stereocenters. The van der Waals surface area contributed by atoms with E-state index in [0.717, 1.165) is 30.3 Å². The number of rotatable bonds is 7. The monoisotopic (exact) mass is 263 g/mol. The van der Waals surface area contributed by atoms with Crippen LogP contribution in [0.15, 0.2) is 22.7 Å². The lowest BCUT2D eigenvalue weighted by atomic mass is 9.91. The molecule has 0 aliphatic rings. The topological polar surface area (TPSA) is 26.0 Å². The first kappa shape index (κ1) is 14.0. The van der Waals surface area contributed by atoms with E-state index in [4.69, 9.17) is 4.52 Å². The predicted octanol–water partition coefficient (Wildman–Crippen LogP) is 5.43. The molecule has 0 spiro atoms. The largest absolute Gasteiger partial charge is 0.356 e. The molecular weight excluding hydrogens is 241 g/mol. The molecular formula is C16H22FNO. The summed E-state index contributed by atoms with van der Waals surface area (Å²) in [6, 6.07) is 4.69. The van der Waals surface area contributed by atoms with Crippen molar-refractivity contribution < 1.29 is 8.91 Å². The normalized spacial score (nSPS) is 13.0. The Labute approximate surface area is 114 Å². The minimum Gasteiger partial charge on any atom is -0.356 e. The van der Waals surface area contributed by atoms with Crippen LogP contribution in [0.25, 0.3) is 11.0 Å². The Morgan fingerprint density at radius 2 is 2.00 bits per heavy atom. The second-order valence-electron chi connectivity index (χ2n) is 5.19. The minimum absolute atomic E-state index is 0.270. The van der Waals surface area contributed by atoms with Crippen LogP contribution in [0.4, 0.5) is 4.39 Å². The van der Waals surface area contributed by atoms with E-state index in [1.165, 1.54) is 31.4 Å². The third-order valence-corrected chi connectivity index (χ3v) is 3.64. The molecule has 1 atom stereocenters. The quantitative estimate of drug-likeness (QED) is 0.622. The van der Waals surface area contributed by atoms with Gasteiger partial charge in [-0.2, -0.15) is 0 Å². The maximum Gasteiger partial charge on any atom is 0.170 e. The Hall–Kier alpha value is -1.38. The summed E-state index contributed by atoms with van der Waals surface area (Å²) >= 11 is 0. The zero-order valence-electron chi connectivity index (χ0n) is 11.8. The molecule has 0 saturated heterocycles. The van der Waals surface area contributed by atoms with Crippen molar-refractivity contribution in [3.05, 3.63) is 29.7 Å². The summed E-state index contributed by atoms with van der Waals surface area (Å²) < 4.78 is 18.4. The summed E-state index contributed by atoms with van der Waals surface area (Å²) in [5, 5.41) is 5.16. The molecule has 1 aromatic carbocycles. The lowest BCUT2D eigenvalue weighted by Gasteiger charge is -2.13. The van der Waals surface area contributed by atoms with Gasteiger partial charge in [0.05, 0.1) is 5.69 Å². The van der Waals surface area contributed by atoms with Crippen LogP contribution in [-0.2, 0) is 0 Å². The second kappa shape index (κ2) is 6.69. The van der Waals surface area contributed by atoms with Crippen molar-refractivity contribution in [2.24, 2.45) is 0 Å². The number of nitrogens with zero attached hydrogens (tertiary/aromatic N) is 1. The predicted molar refractivity (Wildman–Crippen MR) is 75.8 cm³/mol. The molecule has 104 valence electrons. The number of unbranched alkanes of at least 4 members (excludes halogenated alkanes) is 2. The van der Waals surface area contributed by atoms with Gasteiger partial charge in [-0.25, -0.2) is 4.39 Å². The number of benzene rings is 1. The highest BCUT2D eigenvalue weighted by Crippen LogP contribution is 2.32. The molecule has 0 aliphatic carbocycles. The van der Waals surface area contributed by atoms with E-state index in [0.29, 0.717) is 11.5 Å². The summed E-state index contributed by atoms with van der Waals surface area (Å²) in [4.78, 5) is 0. The van der Waals surface area contributed by atoms with Crippen LogP contribution >= 0.6 is 0 Å². The molecule has 0 amide bonds. The van der Waals surface area contributed by atoms with Gasteiger partial charge < -0.3 is 4.52 Å². The molecule has 0 fully saturated rings. The molecule has 19 heavy (non-hydrogen) atoms. The van der Waals surface area contributed by atoms with E-state index in [-0.39, 0.29) is 5.82 Å². The van der Waals surface area contributed by atoms with E-state index in [2.05, 4.69) is 19.0 Å². The molecule has 0 radical (unpaired) electrons. The molecule has 2 rings (SSSR count). The Morgan fingerprint density at radius 3 is 2.74 bits per heavy atom. The van der Waals surface area contributed by atoms with Crippen LogP contribution in [0.2, 0.25) is 0 Å². The van der Waals surface area contributed by atoms with Gasteiger partial charge in [-0.3, -0.25) is 0 Å². The van der Waals surface area contributed by atoms with E-state index >= 15 is 0 Å². The number of hydrogen-bond acceptors (Lipinski definition) is 2. The van der Waals surface area contributed by atoms with Crippen molar-refractivity contribution in [2.45, 2.75) is 58.3 Å². The van der Waals surface area contributed by atoms with Gasteiger partial charge in [0.15, 0.2) is 5.58 Å². The molecule has 0 bridgehead atoms. The maximum absolute atomic E-state index is 13.2. The average Bonchev–Trinajstić information content (AvgIpc) is 2.80. The number of halogens is 1. The van der Waals surface area contributed by atoms with Crippen molar-refractivity contribution in [3.63, 3.8) is 0 Å². The highest BCUT2D eigenvalue weighted by Gasteiger charge is 2.18. The lowest BCUT2D eigenvalue weighted by molar-refractivity contribution is 0.421. The Kier molecular flexibility index (Phi) is 4.94. The van der Waals surface area contributed by atoms with Gasteiger partial charge in [0.1, 0.15) is 5.82 Å². The third-order valence-electron chi connectivity index (χ3n) is 3.64. The molecule has 2 nitrogen and oxygen atoms in total. The van der Waals surface area contributed by atoms with Crippen molar-refractivity contribution in [1.82, 2.24) is 5.16 Å². The lowest BCUT2D eigenvalue weighted by Crippen LogP contribution is -2.00. The van der Waals surface area contributed by atoms with Gasteiger partial charge >= 0.3 is 0 Å². The smallest absolute Gasteiger partial charge is 0.170 e. The molecule has 0 saturated carbocycles. The maximum atomic E-state index is 13.2. The third kappa shape index (κ3) is 3.34. The standard InChI is InChI=1S/C16H22FNO/c1-3-5-6-8-12(7-4-2)16-14-10-9-13(17)11-15(14)19-18-16/h9-12H,3-8H2,1-2H3. The van der Waals surface area contributed by atoms with Gasteiger partial charge in [-0.1, -0.05) is 44.7 Å². The Bertz CT molecular complexity index is 520. The van der Waals surface area contributed by atoms with E-state index in [1.807, 2.05) is 0 Å². The average molecular weight is 263 g/mol. The molecule has 3 heteroatoms. The Morgan fingerprint density at radius 1 is 1.16 bits per heavy atom. The van der Waals surface area contributed by atoms with Gasteiger partial charge in [-0.15, -0.1) is 0 Å². The van der Waals surface area contributed by atoms with Gasteiger partial charge in [0, 0.05) is 17.4 Å². The zero-order valence-corrected chi connectivity index (χ0v) is 11.8. The zero-order chi connectivity index (χ0) is 13.7. The fourth-order valence-corrected chi connectivity index (χ4v) is 2.63. The minimum atomic E-state index is -0.270. The number of hydrogen-bond donors (Lipinski definition) is 0. The molecule has 1 aromatic heterocycles. The summed E-state index contributed by atoms with van der Waals surface area (Å²) in [5.41, 5.74) is 1.57. The number of fused-ring (bicyclic) bond motifs is 1. The van der Waals surface area contributed by atoms with Crippen LogP contribution in [0.1, 0.15) is 64.0 Å². The SMILES string of the molecule is CCCCCC(CCC)c1noc2cc(F)ccc12. The first-order valence-corrected chi connectivity index (χ1v) is 7.31. The van der Waals surface area contributed by atoms with Crippen molar-refractivity contribution >= 4 is 11.0 Å². The fraction of sp³-hybridized carbons (Fsp3) is 0.562. The first-order chi connectivity index (χ1) is 9.26. The van der Waals surface area contributed by atoms with Crippen LogP contribution in [0, 0.1) is 5.82 Å². The van der Waals surface area contributed by atoms with E-state index < -0.39 is 0 Å². The van der Waals surface area contributed by atoms with Crippen molar-refractivity contribution in [2.75, 3.05) is 0 Å². The van der Waals surface area contributed by atoms with E-state index in [1.54, 1.807) is 6.07 Å². The summed E-state index contributed by atoms with van der Waals surface area (Å²) in [5.74, 6) is 0.163. The van der Waals surface area contributed by atoms with Gasteiger partial charge in [0.25, 0.3) is 0 Å².